The van der Waals surface area contributed by atoms with Gasteiger partial charge in [0.25, 0.3) is 0 Å². The maximum absolute atomic E-state index is 11.5. The maximum atomic E-state index is 11.5. The first-order chi connectivity index (χ1) is 9.13. The second-order valence-corrected chi connectivity index (χ2v) is 5.24. The summed E-state index contributed by atoms with van der Waals surface area (Å²) in [4.78, 5) is 11.5. The largest absolute Gasteiger partial charge is 0.356 e. The van der Waals surface area contributed by atoms with E-state index in [0.29, 0.717) is 23.0 Å². The summed E-state index contributed by atoms with van der Waals surface area (Å²) < 4.78 is 0. The van der Waals surface area contributed by atoms with E-state index in [1.54, 1.807) is 6.07 Å². The summed E-state index contributed by atoms with van der Waals surface area (Å²) in [5.41, 5.74) is 1.07. The number of benzene rings is 1. The fraction of sp³-hybridized carbons (Fsp3) is 0.500. The van der Waals surface area contributed by atoms with Crippen LogP contribution in [-0.4, -0.2) is 26.0 Å². The first-order valence-corrected chi connectivity index (χ1v) is 7.24. The van der Waals surface area contributed by atoms with E-state index in [-0.39, 0.29) is 18.3 Å². The second kappa shape index (κ2) is 11.2. The lowest BCUT2D eigenvalue weighted by atomic mass is 10.1. The zero-order chi connectivity index (χ0) is 14.1. The first-order valence-electron chi connectivity index (χ1n) is 6.48. The Labute approximate surface area is 136 Å². The molecule has 0 spiro atoms. The van der Waals surface area contributed by atoms with Gasteiger partial charge in [-0.25, -0.2) is 0 Å². The number of hydrogen-bond acceptors (Lipinski definition) is 2. The third kappa shape index (κ3) is 7.95. The molecule has 2 N–H and O–H groups in total. The number of amides is 1. The molecular formula is C14H21Cl3N2O. The van der Waals surface area contributed by atoms with Crippen molar-refractivity contribution in [3.8, 4) is 0 Å². The Bertz CT molecular complexity index is 413. The van der Waals surface area contributed by atoms with E-state index >= 15 is 0 Å². The molecule has 1 aromatic carbocycles. The van der Waals surface area contributed by atoms with Gasteiger partial charge in [-0.2, -0.15) is 0 Å². The number of rotatable bonds is 8. The molecule has 0 heterocycles. The number of carbonyl (C=O) groups is 1. The van der Waals surface area contributed by atoms with Crippen LogP contribution in [0.25, 0.3) is 0 Å². The fourth-order valence-corrected chi connectivity index (χ4v) is 2.25. The minimum atomic E-state index is 0. The van der Waals surface area contributed by atoms with Crippen LogP contribution in [0.4, 0.5) is 0 Å². The molecule has 1 amide bonds. The van der Waals surface area contributed by atoms with Gasteiger partial charge in [-0.3, -0.25) is 4.79 Å². The molecule has 6 heteroatoms. The van der Waals surface area contributed by atoms with Gasteiger partial charge in [0, 0.05) is 23.0 Å². The molecule has 3 nitrogen and oxygen atoms in total. The standard InChI is InChI=1S/C14H20Cl2N2O.ClH/c1-17-8-3-5-14(19)18-9-2-4-11-6-7-12(15)10-13(11)16;/h6-7,10,17H,2-5,8-9H2,1H3,(H,18,19);1H. The van der Waals surface area contributed by atoms with Crippen LogP contribution in [0.15, 0.2) is 18.2 Å². The zero-order valence-corrected chi connectivity index (χ0v) is 13.9. The Morgan fingerprint density at radius 2 is 1.95 bits per heavy atom. The zero-order valence-electron chi connectivity index (χ0n) is 11.5. The van der Waals surface area contributed by atoms with Crippen LogP contribution in [0.1, 0.15) is 24.8 Å². The number of nitrogens with one attached hydrogen (secondary N) is 2. The average Bonchev–Trinajstić information content (AvgIpc) is 2.37. The van der Waals surface area contributed by atoms with E-state index in [1.807, 2.05) is 19.2 Å². The third-order valence-electron chi connectivity index (χ3n) is 2.79. The minimum Gasteiger partial charge on any atom is -0.356 e. The lowest BCUT2D eigenvalue weighted by Gasteiger charge is -2.07. The van der Waals surface area contributed by atoms with E-state index < -0.39 is 0 Å². The van der Waals surface area contributed by atoms with Crippen molar-refractivity contribution < 1.29 is 4.79 Å². The Kier molecular flexibility index (Phi) is 10.9. The minimum absolute atomic E-state index is 0. The second-order valence-electron chi connectivity index (χ2n) is 4.40. The van der Waals surface area contributed by atoms with Gasteiger partial charge in [-0.15, -0.1) is 12.4 Å². The van der Waals surface area contributed by atoms with Crippen LogP contribution in [0.5, 0.6) is 0 Å². The van der Waals surface area contributed by atoms with Gasteiger partial charge in [0.05, 0.1) is 0 Å². The highest BCUT2D eigenvalue weighted by molar-refractivity contribution is 6.35. The Morgan fingerprint density at radius 3 is 2.60 bits per heavy atom. The third-order valence-corrected chi connectivity index (χ3v) is 3.38. The van der Waals surface area contributed by atoms with Gasteiger partial charge in [-0.1, -0.05) is 29.3 Å². The molecule has 0 saturated heterocycles. The van der Waals surface area contributed by atoms with E-state index in [9.17, 15) is 4.79 Å². The van der Waals surface area contributed by atoms with Crippen LogP contribution in [0, 0.1) is 0 Å². The molecule has 0 fully saturated rings. The molecule has 114 valence electrons. The molecule has 20 heavy (non-hydrogen) atoms. The summed E-state index contributed by atoms with van der Waals surface area (Å²) in [5.74, 6) is 0.109. The van der Waals surface area contributed by atoms with Gasteiger partial charge in [0.1, 0.15) is 0 Å². The SMILES string of the molecule is CNCCCC(=O)NCCCc1ccc(Cl)cc1Cl.Cl. The van der Waals surface area contributed by atoms with Gasteiger partial charge in [0.15, 0.2) is 0 Å². The van der Waals surface area contributed by atoms with Crippen molar-refractivity contribution in [3.63, 3.8) is 0 Å². The molecule has 0 aliphatic heterocycles. The molecular weight excluding hydrogens is 319 g/mol. The molecule has 1 aromatic rings. The molecule has 0 bridgehead atoms. The van der Waals surface area contributed by atoms with Crippen LogP contribution in [0.2, 0.25) is 10.0 Å². The van der Waals surface area contributed by atoms with E-state index in [1.165, 1.54) is 0 Å². The Hall–Kier alpha value is -0.480. The van der Waals surface area contributed by atoms with Gasteiger partial charge < -0.3 is 10.6 Å². The lowest BCUT2D eigenvalue weighted by molar-refractivity contribution is -0.121. The molecule has 0 saturated carbocycles. The van der Waals surface area contributed by atoms with Crippen molar-refractivity contribution in [2.24, 2.45) is 0 Å². The van der Waals surface area contributed by atoms with Crippen molar-refractivity contribution in [1.29, 1.82) is 0 Å². The number of carbonyl (C=O) groups excluding carboxylic acids is 1. The normalized spacial score (nSPS) is 9.95. The summed E-state index contributed by atoms with van der Waals surface area (Å²) in [6.45, 7) is 1.55. The van der Waals surface area contributed by atoms with E-state index in [4.69, 9.17) is 23.2 Å². The fourth-order valence-electron chi connectivity index (χ4n) is 1.75. The topological polar surface area (TPSA) is 41.1 Å². The van der Waals surface area contributed by atoms with Crippen LogP contribution in [0.3, 0.4) is 0 Å². The molecule has 0 unspecified atom stereocenters. The van der Waals surface area contributed by atoms with Crippen molar-refractivity contribution in [2.75, 3.05) is 20.1 Å². The highest BCUT2D eigenvalue weighted by Crippen LogP contribution is 2.21. The predicted molar refractivity (Wildman–Crippen MR) is 88.2 cm³/mol. The Morgan fingerprint density at radius 1 is 1.20 bits per heavy atom. The molecule has 0 aliphatic rings. The van der Waals surface area contributed by atoms with E-state index in [2.05, 4.69) is 10.6 Å². The summed E-state index contributed by atoms with van der Waals surface area (Å²) in [6, 6.07) is 5.51. The number of hydrogen-bond donors (Lipinski definition) is 2. The molecule has 0 aliphatic carbocycles. The van der Waals surface area contributed by atoms with Gasteiger partial charge in [-0.05, 0) is 50.6 Å². The Balaban J connectivity index is 0.00000361. The highest BCUT2D eigenvalue weighted by atomic mass is 35.5. The molecule has 0 aromatic heterocycles. The molecule has 0 radical (unpaired) electrons. The summed E-state index contributed by atoms with van der Waals surface area (Å²) in [7, 11) is 1.88. The molecule has 1 rings (SSSR count). The summed E-state index contributed by atoms with van der Waals surface area (Å²) >= 11 is 11.9. The van der Waals surface area contributed by atoms with Gasteiger partial charge >= 0.3 is 0 Å². The molecule has 0 atom stereocenters. The lowest BCUT2D eigenvalue weighted by Crippen LogP contribution is -2.25. The number of halogens is 3. The first kappa shape index (κ1) is 19.5. The quantitative estimate of drug-likeness (QED) is 0.712. The van der Waals surface area contributed by atoms with Crippen molar-refractivity contribution >= 4 is 41.5 Å². The maximum Gasteiger partial charge on any atom is 0.220 e. The number of aryl methyl sites for hydroxylation is 1. The monoisotopic (exact) mass is 338 g/mol. The average molecular weight is 340 g/mol. The summed E-state index contributed by atoms with van der Waals surface area (Å²) in [5, 5.41) is 7.26. The highest BCUT2D eigenvalue weighted by Gasteiger charge is 2.03. The van der Waals surface area contributed by atoms with Crippen molar-refractivity contribution in [3.05, 3.63) is 33.8 Å². The van der Waals surface area contributed by atoms with Crippen molar-refractivity contribution in [1.82, 2.24) is 10.6 Å². The smallest absolute Gasteiger partial charge is 0.220 e. The van der Waals surface area contributed by atoms with Crippen LogP contribution in [-0.2, 0) is 11.2 Å². The van der Waals surface area contributed by atoms with E-state index in [0.717, 1.165) is 31.4 Å². The van der Waals surface area contributed by atoms with Crippen LogP contribution < -0.4 is 10.6 Å². The van der Waals surface area contributed by atoms with Gasteiger partial charge in [0.2, 0.25) is 5.91 Å². The predicted octanol–water partition coefficient (Wildman–Crippen LogP) is 3.46. The summed E-state index contributed by atoms with van der Waals surface area (Å²) in [6.07, 6.45) is 3.15. The van der Waals surface area contributed by atoms with Crippen molar-refractivity contribution in [2.45, 2.75) is 25.7 Å². The van der Waals surface area contributed by atoms with Crippen LogP contribution >= 0.6 is 35.6 Å².